The third kappa shape index (κ3) is 4.93. The predicted octanol–water partition coefficient (Wildman–Crippen LogP) is 4.76. The molecule has 0 amide bonds. The zero-order chi connectivity index (χ0) is 23.6. The Balaban J connectivity index is 2.16. The Hall–Kier alpha value is -2.93. The molecule has 2 atom stereocenters. The van der Waals surface area contributed by atoms with Crippen LogP contribution in [0.4, 0.5) is 14.5 Å². The van der Waals surface area contributed by atoms with Gasteiger partial charge in [-0.05, 0) is 60.7 Å². The van der Waals surface area contributed by atoms with Crippen LogP contribution in [0.2, 0.25) is 0 Å². The van der Waals surface area contributed by atoms with Gasteiger partial charge < -0.3 is 15.2 Å². The van der Waals surface area contributed by atoms with Crippen molar-refractivity contribution in [2.24, 2.45) is 0 Å². The van der Waals surface area contributed by atoms with E-state index in [1.165, 1.54) is 13.2 Å². The molecule has 2 aromatic carbocycles. The van der Waals surface area contributed by atoms with E-state index >= 15 is 0 Å². The summed E-state index contributed by atoms with van der Waals surface area (Å²) in [4.78, 5) is 13.3. The van der Waals surface area contributed by atoms with Crippen molar-refractivity contribution in [3.63, 3.8) is 0 Å². The van der Waals surface area contributed by atoms with Crippen molar-refractivity contribution < 1.29 is 23.0 Å². The van der Waals surface area contributed by atoms with Gasteiger partial charge >= 0.3 is 5.97 Å². The molecule has 5 nitrogen and oxygen atoms in total. The molecule has 32 heavy (non-hydrogen) atoms. The number of hydrogen-bond donors (Lipinski definition) is 1. The molecule has 0 aromatic heterocycles. The summed E-state index contributed by atoms with van der Waals surface area (Å²) in [7, 11) is 2.86. The van der Waals surface area contributed by atoms with Gasteiger partial charge in [-0.1, -0.05) is 18.2 Å². The maximum absolute atomic E-state index is 14.2. The molecule has 0 radical (unpaired) electrons. The molecule has 0 spiro atoms. The molecular formula is C25H30F2N2O3. The van der Waals surface area contributed by atoms with Crippen LogP contribution in [0.25, 0.3) is 6.08 Å². The summed E-state index contributed by atoms with van der Waals surface area (Å²) in [5, 5.41) is 0. The maximum Gasteiger partial charge on any atom is 0.330 e. The molecule has 3 rings (SSSR count). The first-order chi connectivity index (χ1) is 15.1. The van der Waals surface area contributed by atoms with Crippen LogP contribution < -0.4 is 10.5 Å². The number of methoxy groups -OCH3 is 2. The van der Waals surface area contributed by atoms with E-state index in [0.29, 0.717) is 17.9 Å². The maximum atomic E-state index is 14.2. The van der Waals surface area contributed by atoms with E-state index in [2.05, 4.69) is 4.74 Å². The highest BCUT2D eigenvalue weighted by Crippen LogP contribution is 2.44. The molecule has 1 heterocycles. The number of benzene rings is 2. The number of esters is 1. The number of ether oxygens (including phenoxy) is 2. The molecule has 0 fully saturated rings. The molecule has 0 unspecified atom stereocenters. The first kappa shape index (κ1) is 23.7. The predicted molar refractivity (Wildman–Crippen MR) is 122 cm³/mol. The Kier molecular flexibility index (Phi) is 6.88. The second-order valence-electron chi connectivity index (χ2n) is 8.40. The summed E-state index contributed by atoms with van der Waals surface area (Å²) < 4.78 is 38.7. The molecule has 1 aliphatic rings. The largest absolute Gasteiger partial charge is 0.496 e. The minimum absolute atomic E-state index is 0.123. The van der Waals surface area contributed by atoms with E-state index in [-0.39, 0.29) is 12.6 Å². The molecule has 2 N–H and O–H groups in total. The van der Waals surface area contributed by atoms with Gasteiger partial charge in [0.25, 0.3) is 5.92 Å². The van der Waals surface area contributed by atoms with Crippen LogP contribution in [0.15, 0.2) is 36.4 Å². The van der Waals surface area contributed by atoms with Gasteiger partial charge in [0, 0.05) is 30.3 Å². The van der Waals surface area contributed by atoms with Gasteiger partial charge in [0.1, 0.15) is 5.75 Å². The number of nitrogens with two attached hydrogens (primary N) is 1. The Morgan fingerprint density at radius 2 is 1.94 bits per heavy atom. The molecule has 0 saturated carbocycles. The zero-order valence-electron chi connectivity index (χ0n) is 19.1. The van der Waals surface area contributed by atoms with Crippen LogP contribution in [-0.4, -0.2) is 43.6 Å². The lowest BCUT2D eigenvalue weighted by Gasteiger charge is -2.44. The van der Waals surface area contributed by atoms with Gasteiger partial charge in [0.15, 0.2) is 0 Å². The van der Waals surface area contributed by atoms with Crippen LogP contribution in [0.1, 0.15) is 47.7 Å². The van der Waals surface area contributed by atoms with E-state index < -0.39 is 17.9 Å². The summed E-state index contributed by atoms with van der Waals surface area (Å²) in [5.74, 6) is -2.77. The number of rotatable bonds is 6. The number of carbonyl (C=O) groups excluding carboxylic acids is 1. The molecule has 1 aliphatic heterocycles. The average molecular weight is 445 g/mol. The molecule has 0 saturated heterocycles. The molecular weight excluding hydrogens is 414 g/mol. The standard InChI is InChI=1S/C25H30F2N2O3/c1-15-12-20-16(2)21(28)10-9-18(20)24(29(15)14-25(3,26)27)19-8-6-17(13-22(19)31-4)7-11-23(30)32-5/h6-11,13,15,24H,12,14,28H2,1-5H3/b11-7+/t15-,24+/m1/s1. The summed E-state index contributed by atoms with van der Waals surface area (Å²) in [6, 6.07) is 8.71. The minimum atomic E-state index is -2.86. The van der Waals surface area contributed by atoms with Gasteiger partial charge in [-0.25, -0.2) is 13.6 Å². The number of carbonyl (C=O) groups is 1. The summed E-state index contributed by atoms with van der Waals surface area (Å²) >= 11 is 0. The van der Waals surface area contributed by atoms with Gasteiger partial charge in [-0.2, -0.15) is 0 Å². The number of nitrogen functional groups attached to an aromatic ring is 1. The number of alkyl halides is 2. The van der Waals surface area contributed by atoms with Gasteiger partial charge in [0.05, 0.1) is 26.8 Å². The number of anilines is 1. The minimum Gasteiger partial charge on any atom is -0.496 e. The van der Waals surface area contributed by atoms with Crippen molar-refractivity contribution in [2.75, 3.05) is 26.5 Å². The first-order valence-electron chi connectivity index (χ1n) is 10.5. The Labute approximate surface area is 187 Å². The number of hydrogen-bond acceptors (Lipinski definition) is 5. The first-order valence-corrected chi connectivity index (χ1v) is 10.5. The zero-order valence-corrected chi connectivity index (χ0v) is 19.1. The van der Waals surface area contributed by atoms with Crippen molar-refractivity contribution in [1.82, 2.24) is 4.90 Å². The molecule has 172 valence electrons. The molecule has 2 aromatic rings. The second kappa shape index (κ2) is 9.28. The highest BCUT2D eigenvalue weighted by atomic mass is 19.3. The normalized spacial score (nSPS) is 19.1. The molecule has 0 bridgehead atoms. The van der Waals surface area contributed by atoms with Crippen LogP contribution in [0.3, 0.4) is 0 Å². The summed E-state index contributed by atoms with van der Waals surface area (Å²) in [6.07, 6.45) is 3.59. The molecule has 7 heteroatoms. The number of nitrogens with zero attached hydrogens (tertiary/aromatic N) is 1. The van der Waals surface area contributed by atoms with E-state index in [1.807, 2.05) is 43.0 Å². The van der Waals surface area contributed by atoms with Crippen molar-refractivity contribution >= 4 is 17.7 Å². The topological polar surface area (TPSA) is 64.8 Å². The third-order valence-corrected chi connectivity index (χ3v) is 5.99. The van der Waals surface area contributed by atoms with Crippen LogP contribution in [0, 0.1) is 6.92 Å². The number of halogens is 2. The van der Waals surface area contributed by atoms with E-state index in [1.54, 1.807) is 19.3 Å². The van der Waals surface area contributed by atoms with Gasteiger partial charge in [-0.15, -0.1) is 0 Å². The Morgan fingerprint density at radius 3 is 2.56 bits per heavy atom. The monoisotopic (exact) mass is 444 g/mol. The number of fused-ring (bicyclic) bond motifs is 1. The van der Waals surface area contributed by atoms with Crippen molar-refractivity contribution in [3.8, 4) is 5.75 Å². The van der Waals surface area contributed by atoms with Crippen molar-refractivity contribution in [3.05, 3.63) is 64.2 Å². The van der Waals surface area contributed by atoms with E-state index in [4.69, 9.17) is 10.5 Å². The van der Waals surface area contributed by atoms with Crippen LogP contribution >= 0.6 is 0 Å². The van der Waals surface area contributed by atoms with Crippen LogP contribution in [0.5, 0.6) is 5.75 Å². The van der Waals surface area contributed by atoms with Gasteiger partial charge in [-0.3, -0.25) is 4.90 Å². The van der Waals surface area contributed by atoms with Crippen molar-refractivity contribution in [1.29, 1.82) is 0 Å². The smallest absolute Gasteiger partial charge is 0.330 e. The highest BCUT2D eigenvalue weighted by Gasteiger charge is 2.39. The Morgan fingerprint density at radius 1 is 1.25 bits per heavy atom. The summed E-state index contributed by atoms with van der Waals surface area (Å²) in [6.45, 7) is 4.50. The fourth-order valence-corrected chi connectivity index (χ4v) is 4.37. The fraction of sp³-hybridized carbons (Fsp3) is 0.400. The quantitative estimate of drug-likeness (QED) is 0.395. The molecule has 0 aliphatic carbocycles. The SMILES string of the molecule is COC(=O)/C=C/c1ccc([C@@H]2c3ccc(N)c(C)c3C[C@@H](C)N2CC(C)(F)F)c(OC)c1. The second-order valence-corrected chi connectivity index (χ2v) is 8.40. The lowest BCUT2D eigenvalue weighted by molar-refractivity contribution is -0.134. The Bertz CT molecular complexity index is 1030. The van der Waals surface area contributed by atoms with Crippen molar-refractivity contribution in [2.45, 2.75) is 45.2 Å². The lowest BCUT2D eigenvalue weighted by Crippen LogP contribution is -2.47. The van der Waals surface area contributed by atoms with E-state index in [0.717, 1.165) is 34.7 Å². The summed E-state index contributed by atoms with van der Waals surface area (Å²) in [5.41, 5.74) is 11.4. The fourth-order valence-electron chi connectivity index (χ4n) is 4.37. The lowest BCUT2D eigenvalue weighted by atomic mass is 9.82. The average Bonchev–Trinajstić information content (AvgIpc) is 2.74. The van der Waals surface area contributed by atoms with Gasteiger partial charge in [0.2, 0.25) is 0 Å². The van der Waals surface area contributed by atoms with Crippen LogP contribution in [-0.2, 0) is 16.0 Å². The van der Waals surface area contributed by atoms with E-state index in [9.17, 15) is 13.6 Å². The third-order valence-electron chi connectivity index (χ3n) is 5.99. The highest BCUT2D eigenvalue weighted by molar-refractivity contribution is 5.87.